The molecule has 0 spiro atoms. The van der Waals surface area contributed by atoms with Crippen molar-refractivity contribution in [3.8, 4) is 0 Å². The lowest BCUT2D eigenvalue weighted by Gasteiger charge is -2.13. The number of hydrogen-bond donors (Lipinski definition) is 2. The second-order valence-electron chi connectivity index (χ2n) is 4.18. The fourth-order valence-corrected chi connectivity index (χ4v) is 1.63. The van der Waals surface area contributed by atoms with E-state index in [-0.39, 0.29) is 5.82 Å². The molecule has 7 heteroatoms. The minimum Gasteiger partial charge on any atom is -0.361 e. The molecule has 0 radical (unpaired) electrons. The van der Waals surface area contributed by atoms with Gasteiger partial charge in [0.2, 0.25) is 0 Å². The lowest BCUT2D eigenvalue weighted by atomic mass is 10.2. The molecule has 1 heterocycles. The van der Waals surface area contributed by atoms with Gasteiger partial charge in [-0.25, -0.2) is 4.98 Å². The Kier molecular flexibility index (Phi) is 2.95. The van der Waals surface area contributed by atoms with Crippen molar-refractivity contribution in [1.82, 2.24) is 4.98 Å². The Morgan fingerprint density at radius 2 is 2.06 bits per heavy atom. The fraction of sp³-hybridized carbons (Fsp3) is 0.500. The number of halogens is 4. The molecule has 0 amide bonds. The molecule has 0 saturated heterocycles. The largest absolute Gasteiger partial charge is 0.405 e. The second kappa shape index (κ2) is 4.03. The van der Waals surface area contributed by atoms with Crippen LogP contribution in [0.2, 0.25) is 5.02 Å². The number of hydrogen-bond acceptors (Lipinski definition) is 3. The van der Waals surface area contributed by atoms with Crippen LogP contribution in [-0.2, 0) is 5.54 Å². The lowest BCUT2D eigenvalue weighted by molar-refractivity contribution is -0.115. The molecule has 3 nitrogen and oxygen atoms in total. The first-order valence-electron chi connectivity index (χ1n) is 5.06. The van der Waals surface area contributed by atoms with Crippen LogP contribution in [0.15, 0.2) is 12.1 Å². The number of anilines is 1. The summed E-state index contributed by atoms with van der Waals surface area (Å²) in [6, 6.07) is 2.94. The van der Waals surface area contributed by atoms with Gasteiger partial charge in [0.1, 0.15) is 12.4 Å². The third kappa shape index (κ3) is 3.23. The van der Waals surface area contributed by atoms with Crippen LogP contribution in [0.5, 0.6) is 0 Å². The molecule has 3 N–H and O–H groups in total. The Morgan fingerprint density at radius 1 is 1.41 bits per heavy atom. The first-order valence-corrected chi connectivity index (χ1v) is 5.44. The van der Waals surface area contributed by atoms with Crippen LogP contribution in [0, 0.1) is 0 Å². The molecule has 1 aliphatic carbocycles. The fourth-order valence-electron chi connectivity index (χ4n) is 1.42. The number of aromatic nitrogens is 1. The zero-order valence-electron chi connectivity index (χ0n) is 8.81. The molecule has 17 heavy (non-hydrogen) atoms. The predicted molar refractivity (Wildman–Crippen MR) is 58.9 cm³/mol. The SMILES string of the molecule is NC1(c2cc(Cl)cc(NCC(F)(F)F)n2)CC1. The highest BCUT2D eigenvalue weighted by molar-refractivity contribution is 6.30. The molecule has 1 aromatic heterocycles. The summed E-state index contributed by atoms with van der Waals surface area (Å²) in [7, 11) is 0. The zero-order valence-corrected chi connectivity index (χ0v) is 9.57. The molecule has 94 valence electrons. The quantitative estimate of drug-likeness (QED) is 0.883. The number of alkyl halides is 3. The number of rotatable bonds is 3. The van der Waals surface area contributed by atoms with Gasteiger partial charge in [0, 0.05) is 5.02 Å². The van der Waals surface area contributed by atoms with E-state index in [1.54, 1.807) is 6.07 Å². The van der Waals surface area contributed by atoms with Gasteiger partial charge in [-0.3, -0.25) is 0 Å². The van der Waals surface area contributed by atoms with Crippen LogP contribution in [0.25, 0.3) is 0 Å². The normalized spacial score (nSPS) is 17.9. The highest BCUT2D eigenvalue weighted by Crippen LogP contribution is 2.42. The van der Waals surface area contributed by atoms with E-state index >= 15 is 0 Å². The van der Waals surface area contributed by atoms with Gasteiger partial charge in [-0.1, -0.05) is 11.6 Å². The summed E-state index contributed by atoms with van der Waals surface area (Å²) in [6.45, 7) is -1.14. The molecule has 2 rings (SSSR count). The third-order valence-corrected chi connectivity index (χ3v) is 2.78. The van der Waals surface area contributed by atoms with Gasteiger partial charge in [-0.2, -0.15) is 13.2 Å². The van der Waals surface area contributed by atoms with Crippen molar-refractivity contribution in [2.45, 2.75) is 24.6 Å². The van der Waals surface area contributed by atoms with Gasteiger partial charge in [0.25, 0.3) is 0 Å². The van der Waals surface area contributed by atoms with Crippen LogP contribution < -0.4 is 11.1 Å². The maximum absolute atomic E-state index is 12.0. The summed E-state index contributed by atoms with van der Waals surface area (Å²) in [5.74, 6) is 0.0987. The lowest BCUT2D eigenvalue weighted by Crippen LogP contribution is -2.24. The monoisotopic (exact) mass is 265 g/mol. The molecule has 0 atom stereocenters. The van der Waals surface area contributed by atoms with E-state index in [0.717, 1.165) is 12.8 Å². The second-order valence-corrected chi connectivity index (χ2v) is 4.62. The van der Waals surface area contributed by atoms with Crippen molar-refractivity contribution in [3.63, 3.8) is 0 Å². The van der Waals surface area contributed by atoms with Crippen molar-refractivity contribution in [1.29, 1.82) is 0 Å². The Hall–Kier alpha value is -1.01. The molecular weight excluding hydrogens is 255 g/mol. The van der Waals surface area contributed by atoms with Gasteiger partial charge >= 0.3 is 6.18 Å². The minimum absolute atomic E-state index is 0.0987. The van der Waals surface area contributed by atoms with E-state index in [0.29, 0.717) is 10.7 Å². The number of nitrogens with zero attached hydrogens (tertiary/aromatic N) is 1. The number of nitrogens with one attached hydrogen (secondary N) is 1. The molecule has 0 unspecified atom stereocenters. The Labute approximate surface area is 101 Å². The summed E-state index contributed by atoms with van der Waals surface area (Å²) >= 11 is 5.82. The Balaban J connectivity index is 2.15. The standard InChI is InChI=1S/C10H11ClF3N3/c11-6-3-7(9(15)1-2-9)17-8(4-6)16-5-10(12,13)14/h3-4H,1-2,5,15H2,(H,16,17). The number of pyridine rings is 1. The highest BCUT2D eigenvalue weighted by atomic mass is 35.5. The van der Waals surface area contributed by atoms with Crippen molar-refractivity contribution in [2.75, 3.05) is 11.9 Å². The number of nitrogens with two attached hydrogens (primary N) is 1. The van der Waals surface area contributed by atoms with Crippen molar-refractivity contribution in [2.24, 2.45) is 5.73 Å². The molecule has 1 saturated carbocycles. The van der Waals surface area contributed by atoms with Crippen LogP contribution in [-0.4, -0.2) is 17.7 Å². The van der Waals surface area contributed by atoms with Crippen molar-refractivity contribution in [3.05, 3.63) is 22.8 Å². The minimum atomic E-state index is -4.29. The first kappa shape index (κ1) is 12.4. The molecule has 1 aromatic rings. The average molecular weight is 266 g/mol. The molecular formula is C10H11ClF3N3. The van der Waals surface area contributed by atoms with E-state index in [1.165, 1.54) is 6.07 Å². The molecule has 1 fully saturated rings. The van der Waals surface area contributed by atoms with E-state index in [9.17, 15) is 13.2 Å². The maximum atomic E-state index is 12.0. The van der Waals surface area contributed by atoms with Crippen LogP contribution in [0.4, 0.5) is 19.0 Å². The van der Waals surface area contributed by atoms with Gasteiger partial charge < -0.3 is 11.1 Å². The van der Waals surface area contributed by atoms with E-state index in [4.69, 9.17) is 17.3 Å². The van der Waals surface area contributed by atoms with Crippen molar-refractivity contribution >= 4 is 17.4 Å². The van der Waals surface area contributed by atoms with Gasteiger partial charge in [0.15, 0.2) is 0 Å². The Bertz CT molecular complexity index is 429. The topological polar surface area (TPSA) is 50.9 Å². The summed E-state index contributed by atoms with van der Waals surface area (Å²) in [5.41, 5.74) is 5.94. The van der Waals surface area contributed by atoms with Crippen molar-refractivity contribution < 1.29 is 13.2 Å². The summed E-state index contributed by atoms with van der Waals surface area (Å²) in [6.07, 6.45) is -2.73. The highest BCUT2D eigenvalue weighted by Gasteiger charge is 2.41. The summed E-state index contributed by atoms with van der Waals surface area (Å²) in [4.78, 5) is 4.05. The summed E-state index contributed by atoms with van der Waals surface area (Å²) < 4.78 is 36.1. The maximum Gasteiger partial charge on any atom is 0.405 e. The summed E-state index contributed by atoms with van der Waals surface area (Å²) in [5, 5.41) is 2.52. The predicted octanol–water partition coefficient (Wildman–Crippen LogP) is 2.66. The third-order valence-electron chi connectivity index (χ3n) is 2.56. The Morgan fingerprint density at radius 3 is 2.59 bits per heavy atom. The zero-order chi connectivity index (χ0) is 12.7. The first-order chi connectivity index (χ1) is 7.78. The van der Waals surface area contributed by atoms with E-state index in [1.807, 2.05) is 0 Å². The molecule has 0 bridgehead atoms. The van der Waals surface area contributed by atoms with Gasteiger partial charge in [-0.15, -0.1) is 0 Å². The smallest absolute Gasteiger partial charge is 0.361 e. The average Bonchev–Trinajstić information content (AvgIpc) is 2.93. The molecule has 1 aliphatic rings. The van der Waals surface area contributed by atoms with Crippen LogP contribution in [0.3, 0.4) is 0 Å². The van der Waals surface area contributed by atoms with Crippen LogP contribution in [0.1, 0.15) is 18.5 Å². The van der Waals surface area contributed by atoms with E-state index in [2.05, 4.69) is 10.3 Å². The molecule has 0 aliphatic heterocycles. The molecule has 0 aromatic carbocycles. The van der Waals surface area contributed by atoms with Gasteiger partial charge in [0.05, 0.1) is 11.2 Å². The van der Waals surface area contributed by atoms with Gasteiger partial charge in [-0.05, 0) is 25.0 Å². The van der Waals surface area contributed by atoms with Crippen LogP contribution >= 0.6 is 11.6 Å². The van der Waals surface area contributed by atoms with E-state index < -0.39 is 18.3 Å².